The van der Waals surface area contributed by atoms with E-state index in [1.54, 1.807) is 7.11 Å². The van der Waals surface area contributed by atoms with Crippen LogP contribution in [0.4, 0.5) is 5.69 Å². The first-order valence-electron chi connectivity index (χ1n) is 6.58. The number of nitrogens with zero attached hydrogens (tertiary/aromatic N) is 1. The van der Waals surface area contributed by atoms with Gasteiger partial charge in [-0.1, -0.05) is 12.1 Å². The van der Waals surface area contributed by atoms with Gasteiger partial charge >= 0.3 is 0 Å². The van der Waals surface area contributed by atoms with E-state index in [0.29, 0.717) is 0 Å². The van der Waals surface area contributed by atoms with Crippen molar-refractivity contribution in [1.29, 1.82) is 0 Å². The molecule has 1 aliphatic rings. The van der Waals surface area contributed by atoms with E-state index >= 15 is 0 Å². The molecule has 19 heavy (non-hydrogen) atoms. The van der Waals surface area contributed by atoms with Crippen molar-refractivity contribution in [1.82, 2.24) is 0 Å². The van der Waals surface area contributed by atoms with Gasteiger partial charge in [-0.15, -0.1) is 0 Å². The van der Waals surface area contributed by atoms with Gasteiger partial charge in [-0.3, -0.25) is 0 Å². The van der Waals surface area contributed by atoms with Crippen LogP contribution in [0.25, 0.3) is 0 Å². The largest absolute Gasteiger partial charge is 0.380 e. The SMILES string of the molecule is COCC1=CCN(c2ccc([C@@H](C)N)cc2Br)CC1. The first-order chi connectivity index (χ1) is 9.11. The standard InChI is InChI=1S/C15H21BrN2O/c1-11(17)13-3-4-15(14(16)9-13)18-7-5-12(6-8-18)10-19-2/h3-5,9,11H,6-8,10,17H2,1-2H3/t11-/m1/s1. The number of hydrogen-bond acceptors (Lipinski definition) is 3. The maximum atomic E-state index is 5.90. The normalized spacial score (nSPS) is 17.3. The van der Waals surface area contributed by atoms with E-state index in [4.69, 9.17) is 10.5 Å². The molecule has 0 saturated heterocycles. The van der Waals surface area contributed by atoms with Gasteiger partial charge in [0.15, 0.2) is 0 Å². The van der Waals surface area contributed by atoms with E-state index in [0.717, 1.165) is 36.2 Å². The average Bonchev–Trinajstić information content (AvgIpc) is 2.40. The van der Waals surface area contributed by atoms with E-state index in [-0.39, 0.29) is 6.04 Å². The van der Waals surface area contributed by atoms with Gasteiger partial charge < -0.3 is 15.4 Å². The van der Waals surface area contributed by atoms with Crippen molar-refractivity contribution in [2.75, 3.05) is 31.7 Å². The van der Waals surface area contributed by atoms with Crippen LogP contribution in [0.3, 0.4) is 0 Å². The van der Waals surface area contributed by atoms with Crippen LogP contribution < -0.4 is 10.6 Å². The zero-order valence-electron chi connectivity index (χ0n) is 11.5. The lowest BCUT2D eigenvalue weighted by Crippen LogP contribution is -2.29. The molecule has 1 aliphatic heterocycles. The monoisotopic (exact) mass is 324 g/mol. The van der Waals surface area contributed by atoms with Crippen LogP contribution >= 0.6 is 15.9 Å². The van der Waals surface area contributed by atoms with Crippen LogP contribution in [0.2, 0.25) is 0 Å². The third-order valence-electron chi connectivity index (χ3n) is 3.47. The predicted octanol–water partition coefficient (Wildman–Crippen LogP) is 3.25. The van der Waals surface area contributed by atoms with Crippen molar-refractivity contribution < 1.29 is 4.74 Å². The molecule has 0 radical (unpaired) electrons. The molecule has 1 heterocycles. The maximum absolute atomic E-state index is 5.90. The van der Waals surface area contributed by atoms with Crippen LogP contribution in [0.5, 0.6) is 0 Å². The lowest BCUT2D eigenvalue weighted by Gasteiger charge is -2.29. The molecule has 0 bridgehead atoms. The van der Waals surface area contributed by atoms with Gasteiger partial charge in [0.2, 0.25) is 0 Å². The number of anilines is 1. The Morgan fingerprint density at radius 3 is 2.79 bits per heavy atom. The van der Waals surface area contributed by atoms with Gasteiger partial charge in [-0.25, -0.2) is 0 Å². The van der Waals surface area contributed by atoms with Crippen molar-refractivity contribution >= 4 is 21.6 Å². The second-order valence-electron chi connectivity index (χ2n) is 4.99. The number of methoxy groups -OCH3 is 1. The van der Waals surface area contributed by atoms with Gasteiger partial charge in [0.05, 0.1) is 12.3 Å². The summed E-state index contributed by atoms with van der Waals surface area (Å²) in [5.74, 6) is 0. The Bertz CT molecular complexity index is 471. The van der Waals surface area contributed by atoms with Crippen LogP contribution in [0.15, 0.2) is 34.3 Å². The molecule has 0 amide bonds. The molecule has 4 heteroatoms. The van der Waals surface area contributed by atoms with Gasteiger partial charge in [0.1, 0.15) is 0 Å². The third kappa shape index (κ3) is 3.59. The van der Waals surface area contributed by atoms with E-state index in [2.05, 4.69) is 45.1 Å². The molecule has 0 saturated carbocycles. The fourth-order valence-electron chi connectivity index (χ4n) is 2.31. The third-order valence-corrected chi connectivity index (χ3v) is 4.11. The first kappa shape index (κ1) is 14.6. The maximum Gasteiger partial charge on any atom is 0.0674 e. The summed E-state index contributed by atoms with van der Waals surface area (Å²) in [6.07, 6.45) is 3.33. The Kier molecular flexibility index (Phi) is 5.02. The van der Waals surface area contributed by atoms with Crippen LogP contribution in [0, 0.1) is 0 Å². The summed E-state index contributed by atoms with van der Waals surface area (Å²) < 4.78 is 6.29. The minimum Gasteiger partial charge on any atom is -0.380 e. The first-order valence-corrected chi connectivity index (χ1v) is 7.38. The highest BCUT2D eigenvalue weighted by Gasteiger charge is 2.15. The Morgan fingerprint density at radius 2 is 2.26 bits per heavy atom. The molecular formula is C15H21BrN2O. The zero-order chi connectivity index (χ0) is 13.8. The summed E-state index contributed by atoms with van der Waals surface area (Å²) in [6, 6.07) is 6.45. The summed E-state index contributed by atoms with van der Waals surface area (Å²) in [6.45, 7) is 4.72. The minimum atomic E-state index is 0.0694. The van der Waals surface area contributed by atoms with Crippen molar-refractivity contribution in [2.24, 2.45) is 5.73 Å². The van der Waals surface area contributed by atoms with E-state index in [9.17, 15) is 0 Å². The topological polar surface area (TPSA) is 38.5 Å². The van der Waals surface area contributed by atoms with Gasteiger partial charge in [-0.05, 0) is 52.5 Å². The molecule has 3 nitrogen and oxygen atoms in total. The smallest absolute Gasteiger partial charge is 0.0674 e. The number of halogens is 1. The van der Waals surface area contributed by atoms with Crippen LogP contribution in [-0.4, -0.2) is 26.8 Å². The molecule has 0 unspecified atom stereocenters. The van der Waals surface area contributed by atoms with Gasteiger partial charge in [0.25, 0.3) is 0 Å². The van der Waals surface area contributed by atoms with E-state index in [1.807, 2.05) is 6.92 Å². The number of ether oxygens (including phenoxy) is 1. The van der Waals surface area contributed by atoms with Crippen LogP contribution in [-0.2, 0) is 4.74 Å². The fourth-order valence-corrected chi connectivity index (χ4v) is 2.96. The summed E-state index contributed by atoms with van der Waals surface area (Å²) in [4.78, 5) is 2.37. The summed E-state index contributed by atoms with van der Waals surface area (Å²) in [5, 5.41) is 0. The summed E-state index contributed by atoms with van der Waals surface area (Å²) in [5.41, 5.74) is 9.68. The van der Waals surface area contributed by atoms with E-state index in [1.165, 1.54) is 11.3 Å². The van der Waals surface area contributed by atoms with Gasteiger partial charge in [-0.2, -0.15) is 0 Å². The van der Waals surface area contributed by atoms with E-state index < -0.39 is 0 Å². The molecule has 2 rings (SSSR count). The highest BCUT2D eigenvalue weighted by Crippen LogP contribution is 2.30. The molecule has 0 fully saturated rings. The Hall–Kier alpha value is -0.840. The number of nitrogens with two attached hydrogens (primary N) is 1. The Balaban J connectivity index is 2.11. The summed E-state index contributed by atoms with van der Waals surface area (Å²) in [7, 11) is 1.75. The van der Waals surface area contributed by atoms with Crippen molar-refractivity contribution in [3.8, 4) is 0 Å². The number of benzene rings is 1. The van der Waals surface area contributed by atoms with Gasteiger partial charge in [0, 0.05) is 30.7 Å². The molecule has 1 aromatic rings. The van der Waals surface area contributed by atoms with Crippen molar-refractivity contribution in [3.05, 3.63) is 39.9 Å². The molecule has 0 aromatic heterocycles. The fraction of sp³-hybridized carbons (Fsp3) is 0.467. The highest BCUT2D eigenvalue weighted by molar-refractivity contribution is 9.10. The lowest BCUT2D eigenvalue weighted by atomic mass is 10.1. The summed E-state index contributed by atoms with van der Waals surface area (Å²) >= 11 is 3.65. The predicted molar refractivity (Wildman–Crippen MR) is 83.5 cm³/mol. The zero-order valence-corrected chi connectivity index (χ0v) is 13.1. The average molecular weight is 325 g/mol. The molecule has 2 N–H and O–H groups in total. The Morgan fingerprint density at radius 1 is 1.47 bits per heavy atom. The quantitative estimate of drug-likeness (QED) is 0.864. The Labute approximate surface area is 123 Å². The molecule has 0 spiro atoms. The molecular weight excluding hydrogens is 304 g/mol. The van der Waals surface area contributed by atoms with Crippen molar-refractivity contribution in [3.63, 3.8) is 0 Å². The number of rotatable bonds is 4. The second-order valence-corrected chi connectivity index (χ2v) is 5.85. The minimum absolute atomic E-state index is 0.0694. The highest BCUT2D eigenvalue weighted by atomic mass is 79.9. The second kappa shape index (κ2) is 6.55. The van der Waals surface area contributed by atoms with Crippen molar-refractivity contribution in [2.45, 2.75) is 19.4 Å². The molecule has 1 aromatic carbocycles. The number of hydrogen-bond donors (Lipinski definition) is 1. The molecule has 1 atom stereocenters. The van der Waals surface area contributed by atoms with Crippen LogP contribution in [0.1, 0.15) is 24.9 Å². The lowest BCUT2D eigenvalue weighted by molar-refractivity contribution is 0.222. The molecule has 104 valence electrons. The molecule has 0 aliphatic carbocycles.